The quantitative estimate of drug-likeness (QED) is 0.767. The van der Waals surface area contributed by atoms with Crippen LogP contribution in [0.3, 0.4) is 0 Å². The number of rotatable bonds is 5. The van der Waals surface area contributed by atoms with Crippen molar-refractivity contribution < 1.29 is 9.90 Å². The Bertz CT molecular complexity index is 563. The minimum absolute atomic E-state index is 0.171. The molecule has 0 aliphatic carbocycles. The molecular weight excluding hydrogens is 242 g/mol. The Morgan fingerprint density at radius 3 is 3.00 bits per heavy atom. The van der Waals surface area contributed by atoms with Crippen LogP contribution in [0.1, 0.15) is 28.0 Å². The zero-order chi connectivity index (χ0) is 13.7. The van der Waals surface area contributed by atoms with Gasteiger partial charge in [0.05, 0.1) is 11.8 Å². The third kappa shape index (κ3) is 3.42. The zero-order valence-corrected chi connectivity index (χ0v) is 10.8. The first kappa shape index (κ1) is 13.3. The molecule has 0 fully saturated rings. The van der Waals surface area contributed by atoms with E-state index in [1.165, 1.54) is 6.20 Å². The summed E-state index contributed by atoms with van der Waals surface area (Å²) in [4.78, 5) is 12.0. The molecule has 0 bridgehead atoms. The van der Waals surface area contributed by atoms with E-state index in [4.69, 9.17) is 5.11 Å². The molecule has 0 aliphatic heterocycles. The van der Waals surface area contributed by atoms with E-state index in [1.54, 1.807) is 6.92 Å². The van der Waals surface area contributed by atoms with Crippen molar-refractivity contribution in [2.75, 3.05) is 11.9 Å². The van der Waals surface area contributed by atoms with Gasteiger partial charge >= 0.3 is 0 Å². The lowest BCUT2D eigenvalue weighted by molar-refractivity contribution is 0.102. The topological polar surface area (TPSA) is 78.0 Å². The Kier molecular flexibility index (Phi) is 4.30. The minimum Gasteiger partial charge on any atom is -0.396 e. The van der Waals surface area contributed by atoms with Gasteiger partial charge in [0, 0.05) is 18.0 Å². The maximum Gasteiger partial charge on any atom is 0.259 e. The van der Waals surface area contributed by atoms with E-state index < -0.39 is 0 Å². The molecule has 19 heavy (non-hydrogen) atoms. The number of nitrogens with one attached hydrogen (secondary N) is 2. The number of aliphatic hydroxyl groups excluding tert-OH is 1. The summed E-state index contributed by atoms with van der Waals surface area (Å²) in [6.07, 6.45) is 3.03. The van der Waals surface area contributed by atoms with Crippen LogP contribution in [0.5, 0.6) is 0 Å². The molecule has 2 rings (SSSR count). The molecule has 0 atom stereocenters. The first-order valence-corrected chi connectivity index (χ1v) is 6.22. The highest BCUT2D eigenvalue weighted by atomic mass is 16.2. The molecule has 0 aliphatic rings. The number of H-pyrrole nitrogens is 1. The molecule has 1 amide bonds. The van der Waals surface area contributed by atoms with Gasteiger partial charge in [0.1, 0.15) is 0 Å². The summed E-state index contributed by atoms with van der Waals surface area (Å²) in [5, 5.41) is 18.2. The summed E-state index contributed by atoms with van der Waals surface area (Å²) < 4.78 is 0. The molecule has 5 nitrogen and oxygen atoms in total. The van der Waals surface area contributed by atoms with Gasteiger partial charge in [0.15, 0.2) is 0 Å². The summed E-state index contributed by atoms with van der Waals surface area (Å²) in [6, 6.07) is 7.64. The smallest absolute Gasteiger partial charge is 0.259 e. The van der Waals surface area contributed by atoms with E-state index in [9.17, 15) is 4.79 Å². The molecule has 0 spiro atoms. The van der Waals surface area contributed by atoms with Gasteiger partial charge in [0.2, 0.25) is 0 Å². The average Bonchev–Trinajstić information content (AvgIpc) is 2.83. The molecule has 2 aromatic rings. The van der Waals surface area contributed by atoms with Gasteiger partial charge in [-0.15, -0.1) is 0 Å². The second-order valence-electron chi connectivity index (χ2n) is 4.39. The second-order valence-corrected chi connectivity index (χ2v) is 4.39. The molecular formula is C14H17N3O2. The lowest BCUT2D eigenvalue weighted by Crippen LogP contribution is -2.12. The normalized spacial score (nSPS) is 10.4. The van der Waals surface area contributed by atoms with Crippen molar-refractivity contribution in [1.29, 1.82) is 0 Å². The third-order valence-electron chi connectivity index (χ3n) is 2.88. The van der Waals surface area contributed by atoms with Crippen molar-refractivity contribution >= 4 is 11.6 Å². The maximum absolute atomic E-state index is 12.0. The third-order valence-corrected chi connectivity index (χ3v) is 2.88. The first-order chi connectivity index (χ1) is 9.20. The van der Waals surface area contributed by atoms with Crippen molar-refractivity contribution in [3.63, 3.8) is 0 Å². The monoisotopic (exact) mass is 259 g/mol. The molecule has 1 aromatic heterocycles. The van der Waals surface area contributed by atoms with Crippen molar-refractivity contribution in [2.24, 2.45) is 0 Å². The summed E-state index contributed by atoms with van der Waals surface area (Å²) in [5.74, 6) is -0.175. The second kappa shape index (κ2) is 6.15. The van der Waals surface area contributed by atoms with Crippen molar-refractivity contribution in [1.82, 2.24) is 10.2 Å². The lowest BCUT2D eigenvalue weighted by Gasteiger charge is -2.06. The van der Waals surface area contributed by atoms with Gasteiger partial charge in [-0.2, -0.15) is 5.10 Å². The number of aryl methyl sites for hydroxylation is 2. The molecule has 1 aromatic carbocycles. The number of hydrogen-bond donors (Lipinski definition) is 3. The van der Waals surface area contributed by atoms with Crippen LogP contribution in [-0.4, -0.2) is 27.8 Å². The van der Waals surface area contributed by atoms with E-state index >= 15 is 0 Å². The van der Waals surface area contributed by atoms with Crippen LogP contribution in [0.4, 0.5) is 5.69 Å². The number of aliphatic hydroxyl groups is 1. The highest BCUT2D eigenvalue weighted by Gasteiger charge is 2.10. The van der Waals surface area contributed by atoms with Crippen LogP contribution < -0.4 is 5.32 Å². The van der Waals surface area contributed by atoms with Gasteiger partial charge in [-0.1, -0.05) is 12.1 Å². The average molecular weight is 259 g/mol. The Labute approximate surface area is 111 Å². The van der Waals surface area contributed by atoms with Crippen LogP contribution in [0.15, 0.2) is 30.5 Å². The highest BCUT2D eigenvalue weighted by molar-refractivity contribution is 6.04. The molecule has 5 heteroatoms. The predicted molar refractivity (Wildman–Crippen MR) is 73.1 cm³/mol. The van der Waals surface area contributed by atoms with E-state index in [-0.39, 0.29) is 12.5 Å². The van der Waals surface area contributed by atoms with Gasteiger partial charge in [0.25, 0.3) is 5.91 Å². The van der Waals surface area contributed by atoms with Gasteiger partial charge in [-0.05, 0) is 37.5 Å². The Hall–Kier alpha value is -2.14. The summed E-state index contributed by atoms with van der Waals surface area (Å²) in [5.41, 5.74) is 3.13. The largest absolute Gasteiger partial charge is 0.396 e. The fourth-order valence-corrected chi connectivity index (χ4v) is 1.87. The minimum atomic E-state index is -0.175. The van der Waals surface area contributed by atoms with Gasteiger partial charge in [-0.3, -0.25) is 9.89 Å². The van der Waals surface area contributed by atoms with Crippen LogP contribution in [0.2, 0.25) is 0 Å². The molecule has 1 heterocycles. The molecule has 3 N–H and O–H groups in total. The molecule has 0 unspecified atom stereocenters. The van der Waals surface area contributed by atoms with Gasteiger partial charge in [-0.25, -0.2) is 0 Å². The maximum atomic E-state index is 12.0. The molecule has 0 saturated carbocycles. The SMILES string of the molecule is Cc1[nH]ncc1C(=O)Nc1cccc(CCCO)c1. The Morgan fingerprint density at radius 2 is 2.32 bits per heavy atom. The number of amides is 1. The number of benzene rings is 1. The summed E-state index contributed by atoms with van der Waals surface area (Å²) >= 11 is 0. The fraction of sp³-hybridized carbons (Fsp3) is 0.286. The zero-order valence-electron chi connectivity index (χ0n) is 10.8. The fourth-order valence-electron chi connectivity index (χ4n) is 1.87. The van der Waals surface area contributed by atoms with Crippen molar-refractivity contribution in [3.8, 4) is 0 Å². The van der Waals surface area contributed by atoms with E-state index in [0.29, 0.717) is 5.56 Å². The van der Waals surface area contributed by atoms with E-state index in [1.807, 2.05) is 24.3 Å². The lowest BCUT2D eigenvalue weighted by atomic mass is 10.1. The Balaban J connectivity index is 2.07. The van der Waals surface area contributed by atoms with E-state index in [2.05, 4.69) is 15.5 Å². The van der Waals surface area contributed by atoms with Crippen molar-refractivity contribution in [2.45, 2.75) is 19.8 Å². The number of hydrogen-bond acceptors (Lipinski definition) is 3. The number of aromatic nitrogens is 2. The highest BCUT2D eigenvalue weighted by Crippen LogP contribution is 2.14. The molecule has 100 valence electrons. The van der Waals surface area contributed by atoms with Crippen LogP contribution in [0.25, 0.3) is 0 Å². The number of aromatic amines is 1. The molecule has 0 radical (unpaired) electrons. The van der Waals surface area contributed by atoms with Crippen molar-refractivity contribution in [3.05, 3.63) is 47.3 Å². The van der Waals surface area contributed by atoms with Crippen LogP contribution in [-0.2, 0) is 6.42 Å². The van der Waals surface area contributed by atoms with Gasteiger partial charge < -0.3 is 10.4 Å². The summed E-state index contributed by atoms with van der Waals surface area (Å²) in [6.45, 7) is 1.98. The number of nitrogens with zero attached hydrogens (tertiary/aromatic N) is 1. The van der Waals surface area contributed by atoms with E-state index in [0.717, 1.165) is 29.8 Å². The first-order valence-electron chi connectivity index (χ1n) is 6.22. The number of carbonyl (C=O) groups is 1. The Morgan fingerprint density at radius 1 is 1.47 bits per heavy atom. The number of carbonyl (C=O) groups excluding carboxylic acids is 1. The summed E-state index contributed by atoms with van der Waals surface area (Å²) in [7, 11) is 0. The predicted octanol–water partition coefficient (Wildman–Crippen LogP) is 1.90. The van der Waals surface area contributed by atoms with Crippen LogP contribution >= 0.6 is 0 Å². The standard InChI is InChI=1S/C14H17N3O2/c1-10-13(9-15-17-10)14(19)16-12-6-2-4-11(8-12)5-3-7-18/h2,4,6,8-9,18H,3,5,7H2,1H3,(H,15,17)(H,16,19). The van der Waals surface area contributed by atoms with Crippen LogP contribution in [0, 0.1) is 6.92 Å². The number of anilines is 1. The molecule has 0 saturated heterocycles.